The second-order valence-electron chi connectivity index (χ2n) is 3.61. The minimum atomic E-state index is 0.237. The molecule has 0 aliphatic carbocycles. The Morgan fingerprint density at radius 2 is 2.17 bits per heavy atom. The van der Waals surface area contributed by atoms with Gasteiger partial charge in [0.25, 0.3) is 0 Å². The fourth-order valence-corrected chi connectivity index (χ4v) is 1.11. The summed E-state index contributed by atoms with van der Waals surface area (Å²) in [6.45, 7) is 6.25. The lowest BCUT2D eigenvalue weighted by atomic mass is 9.98. The molecule has 1 aromatic rings. The molecule has 1 heterocycles. The van der Waals surface area contributed by atoms with E-state index in [0.717, 1.165) is 12.2 Å². The second-order valence-corrected chi connectivity index (χ2v) is 3.61. The fourth-order valence-electron chi connectivity index (χ4n) is 1.11. The molecule has 0 aromatic carbocycles. The zero-order valence-electron chi connectivity index (χ0n) is 8.00. The average Bonchev–Trinajstić information content (AvgIpc) is 2.36. The van der Waals surface area contributed by atoms with Crippen molar-refractivity contribution < 1.29 is 4.42 Å². The van der Waals surface area contributed by atoms with Gasteiger partial charge < -0.3 is 10.2 Å². The fraction of sp³-hybridized carbons (Fsp3) is 0.600. The number of hydrogen-bond donors (Lipinski definition) is 1. The van der Waals surface area contributed by atoms with E-state index >= 15 is 0 Å². The molecule has 2 heteroatoms. The zero-order chi connectivity index (χ0) is 9.14. The summed E-state index contributed by atoms with van der Waals surface area (Å²) < 4.78 is 5.19. The van der Waals surface area contributed by atoms with Gasteiger partial charge in [-0.3, -0.25) is 0 Å². The molecule has 12 heavy (non-hydrogen) atoms. The van der Waals surface area contributed by atoms with Gasteiger partial charge in [-0.1, -0.05) is 13.8 Å². The lowest BCUT2D eigenvalue weighted by molar-refractivity contribution is 0.480. The lowest BCUT2D eigenvalue weighted by Crippen LogP contribution is -2.28. The van der Waals surface area contributed by atoms with Crippen LogP contribution < -0.4 is 5.73 Å². The van der Waals surface area contributed by atoms with E-state index in [2.05, 4.69) is 13.8 Å². The van der Waals surface area contributed by atoms with Crippen molar-refractivity contribution in [3.8, 4) is 0 Å². The van der Waals surface area contributed by atoms with Crippen molar-refractivity contribution in [1.82, 2.24) is 0 Å². The van der Waals surface area contributed by atoms with Gasteiger partial charge in [0.15, 0.2) is 0 Å². The van der Waals surface area contributed by atoms with Crippen LogP contribution in [0.4, 0.5) is 0 Å². The Kier molecular flexibility index (Phi) is 2.93. The molecule has 68 valence electrons. The summed E-state index contributed by atoms with van der Waals surface area (Å²) in [4.78, 5) is 0. The molecule has 1 atom stereocenters. The van der Waals surface area contributed by atoms with E-state index in [1.807, 2.05) is 13.0 Å². The predicted octanol–water partition coefficient (Wildman–Crippen LogP) is 2.11. The quantitative estimate of drug-likeness (QED) is 0.749. The molecule has 2 N–H and O–H groups in total. The largest absolute Gasteiger partial charge is 0.469 e. The van der Waals surface area contributed by atoms with Crippen LogP contribution in [0.25, 0.3) is 0 Å². The van der Waals surface area contributed by atoms with E-state index in [1.165, 1.54) is 5.56 Å². The van der Waals surface area contributed by atoms with Crippen molar-refractivity contribution in [3.63, 3.8) is 0 Å². The van der Waals surface area contributed by atoms with Gasteiger partial charge in [0.1, 0.15) is 5.76 Å². The average molecular weight is 167 g/mol. The van der Waals surface area contributed by atoms with Crippen LogP contribution in [0.5, 0.6) is 0 Å². The summed E-state index contributed by atoms with van der Waals surface area (Å²) in [7, 11) is 0. The Morgan fingerprint density at radius 3 is 2.58 bits per heavy atom. The normalized spacial score (nSPS) is 13.8. The molecule has 0 fully saturated rings. The summed E-state index contributed by atoms with van der Waals surface area (Å²) in [6, 6.07) is 2.23. The molecule has 0 spiro atoms. The van der Waals surface area contributed by atoms with E-state index in [-0.39, 0.29) is 6.04 Å². The highest BCUT2D eigenvalue weighted by atomic mass is 16.3. The van der Waals surface area contributed by atoms with Crippen LogP contribution in [-0.4, -0.2) is 6.04 Å². The van der Waals surface area contributed by atoms with Crippen LogP contribution in [-0.2, 0) is 6.42 Å². The molecule has 0 saturated carbocycles. The van der Waals surface area contributed by atoms with Gasteiger partial charge in [-0.2, -0.15) is 0 Å². The van der Waals surface area contributed by atoms with Gasteiger partial charge in [-0.25, -0.2) is 0 Å². The number of nitrogens with two attached hydrogens (primary N) is 1. The molecule has 2 nitrogen and oxygen atoms in total. The molecular formula is C10H17NO. The SMILES string of the molecule is Cc1occc1CC(N)C(C)C. The minimum absolute atomic E-state index is 0.237. The smallest absolute Gasteiger partial charge is 0.103 e. The maximum atomic E-state index is 5.93. The Balaban J connectivity index is 2.58. The first-order chi connectivity index (χ1) is 5.61. The van der Waals surface area contributed by atoms with E-state index < -0.39 is 0 Å². The van der Waals surface area contributed by atoms with E-state index in [1.54, 1.807) is 6.26 Å². The first-order valence-corrected chi connectivity index (χ1v) is 4.40. The van der Waals surface area contributed by atoms with Crippen LogP contribution in [0.1, 0.15) is 25.2 Å². The van der Waals surface area contributed by atoms with Crippen molar-refractivity contribution in [2.24, 2.45) is 11.7 Å². The summed E-state index contributed by atoms with van der Waals surface area (Å²) in [6.07, 6.45) is 2.64. The summed E-state index contributed by atoms with van der Waals surface area (Å²) in [5.74, 6) is 1.52. The van der Waals surface area contributed by atoms with E-state index in [0.29, 0.717) is 5.92 Å². The molecule has 0 aliphatic rings. The van der Waals surface area contributed by atoms with E-state index in [9.17, 15) is 0 Å². The van der Waals surface area contributed by atoms with Crippen LogP contribution in [0.2, 0.25) is 0 Å². The molecule has 1 rings (SSSR count). The number of furan rings is 1. The first-order valence-electron chi connectivity index (χ1n) is 4.40. The number of hydrogen-bond acceptors (Lipinski definition) is 2. The minimum Gasteiger partial charge on any atom is -0.469 e. The molecule has 0 bridgehead atoms. The van der Waals surface area contributed by atoms with Gasteiger partial charge in [0.2, 0.25) is 0 Å². The van der Waals surface area contributed by atoms with Crippen LogP contribution in [0.15, 0.2) is 16.7 Å². The monoisotopic (exact) mass is 167 g/mol. The van der Waals surface area contributed by atoms with Crippen LogP contribution >= 0.6 is 0 Å². The van der Waals surface area contributed by atoms with Crippen molar-refractivity contribution >= 4 is 0 Å². The molecule has 0 aliphatic heterocycles. The summed E-state index contributed by atoms with van der Waals surface area (Å²) in [5, 5.41) is 0. The summed E-state index contributed by atoms with van der Waals surface area (Å²) in [5.41, 5.74) is 7.17. The molecule has 1 aromatic heterocycles. The summed E-state index contributed by atoms with van der Waals surface area (Å²) >= 11 is 0. The molecular weight excluding hydrogens is 150 g/mol. The highest BCUT2D eigenvalue weighted by molar-refractivity contribution is 5.16. The predicted molar refractivity (Wildman–Crippen MR) is 50.0 cm³/mol. The van der Waals surface area contributed by atoms with Gasteiger partial charge >= 0.3 is 0 Å². The second kappa shape index (κ2) is 3.76. The van der Waals surface area contributed by atoms with Crippen molar-refractivity contribution in [1.29, 1.82) is 0 Å². The molecule has 0 saturated heterocycles. The highest BCUT2D eigenvalue weighted by Crippen LogP contribution is 2.13. The first kappa shape index (κ1) is 9.33. The Bertz CT molecular complexity index is 240. The van der Waals surface area contributed by atoms with Gasteiger partial charge in [-0.15, -0.1) is 0 Å². The Hall–Kier alpha value is -0.760. The molecule has 0 radical (unpaired) electrons. The third-order valence-corrected chi connectivity index (χ3v) is 2.28. The third-order valence-electron chi connectivity index (χ3n) is 2.28. The maximum Gasteiger partial charge on any atom is 0.103 e. The Labute approximate surface area is 73.8 Å². The van der Waals surface area contributed by atoms with Crippen molar-refractivity contribution in [2.75, 3.05) is 0 Å². The van der Waals surface area contributed by atoms with Gasteiger partial charge in [0, 0.05) is 6.04 Å². The molecule has 0 amide bonds. The Morgan fingerprint density at radius 1 is 1.50 bits per heavy atom. The van der Waals surface area contributed by atoms with Crippen molar-refractivity contribution in [3.05, 3.63) is 23.7 Å². The third kappa shape index (κ3) is 2.11. The van der Waals surface area contributed by atoms with Gasteiger partial charge in [0.05, 0.1) is 6.26 Å². The standard InChI is InChI=1S/C10H17NO/c1-7(2)10(11)6-9-4-5-12-8(9)3/h4-5,7,10H,6,11H2,1-3H3. The van der Waals surface area contributed by atoms with Crippen molar-refractivity contribution in [2.45, 2.75) is 33.2 Å². The number of rotatable bonds is 3. The zero-order valence-corrected chi connectivity index (χ0v) is 8.00. The number of aryl methyl sites for hydroxylation is 1. The maximum absolute atomic E-state index is 5.93. The molecule has 1 unspecified atom stereocenters. The van der Waals surface area contributed by atoms with E-state index in [4.69, 9.17) is 10.2 Å². The van der Waals surface area contributed by atoms with Crippen LogP contribution in [0, 0.1) is 12.8 Å². The van der Waals surface area contributed by atoms with Crippen LogP contribution in [0.3, 0.4) is 0 Å². The topological polar surface area (TPSA) is 39.2 Å². The highest BCUT2D eigenvalue weighted by Gasteiger charge is 2.10. The lowest BCUT2D eigenvalue weighted by Gasteiger charge is -2.14. The van der Waals surface area contributed by atoms with Gasteiger partial charge in [-0.05, 0) is 30.9 Å².